The fourth-order valence-corrected chi connectivity index (χ4v) is 5.82. The summed E-state index contributed by atoms with van der Waals surface area (Å²) in [5.74, 6) is 1.84. The molecule has 2 aliphatic carbocycles. The van der Waals surface area contributed by atoms with Gasteiger partial charge in [0.1, 0.15) is 0 Å². The molecule has 0 spiro atoms. The molecule has 0 aromatic rings. The lowest BCUT2D eigenvalue weighted by molar-refractivity contribution is -0.0726. The molecule has 0 radical (unpaired) electrons. The minimum Gasteiger partial charge on any atom is -0.329 e. The Labute approximate surface area is 125 Å². The maximum absolute atomic E-state index is 6.42. The third kappa shape index (κ3) is 2.43. The van der Waals surface area contributed by atoms with Gasteiger partial charge in [-0.15, -0.1) is 0 Å². The molecule has 0 bridgehead atoms. The Kier molecular flexibility index (Phi) is 4.72. The van der Waals surface area contributed by atoms with Gasteiger partial charge in [-0.05, 0) is 56.9 Å². The molecular formula is C18H34N2. The minimum absolute atomic E-state index is 0.355. The van der Waals surface area contributed by atoms with Crippen molar-refractivity contribution in [1.82, 2.24) is 4.90 Å². The summed E-state index contributed by atoms with van der Waals surface area (Å²) in [6.45, 7) is 4.62. The van der Waals surface area contributed by atoms with E-state index in [0.717, 1.165) is 24.4 Å². The molecule has 1 heterocycles. The molecule has 2 saturated carbocycles. The standard InChI is InChI=1S/C18H34N2/c1-2-16-10-5-6-12-18(16,14-19)20-13-7-9-15-8-3-4-11-17(15)20/h15-17H,2-14,19H2,1H3/t15-,16?,17-,18?/m1/s1. The normalized spacial score (nSPS) is 43.2. The maximum Gasteiger partial charge on any atom is 0.0362 e. The van der Waals surface area contributed by atoms with E-state index in [2.05, 4.69) is 11.8 Å². The second kappa shape index (κ2) is 6.36. The highest BCUT2D eigenvalue weighted by Gasteiger charge is 2.48. The molecule has 2 unspecified atom stereocenters. The molecule has 0 aromatic carbocycles. The van der Waals surface area contributed by atoms with E-state index in [-0.39, 0.29) is 0 Å². The Morgan fingerprint density at radius 1 is 1.00 bits per heavy atom. The average Bonchev–Trinajstić information content (AvgIpc) is 2.54. The fourth-order valence-electron chi connectivity index (χ4n) is 5.82. The van der Waals surface area contributed by atoms with Gasteiger partial charge >= 0.3 is 0 Å². The number of hydrogen-bond donors (Lipinski definition) is 1. The highest BCUT2D eigenvalue weighted by atomic mass is 15.3. The van der Waals surface area contributed by atoms with Crippen LogP contribution in [0.15, 0.2) is 0 Å². The van der Waals surface area contributed by atoms with Crippen LogP contribution in [0.1, 0.15) is 77.6 Å². The molecule has 2 N–H and O–H groups in total. The van der Waals surface area contributed by atoms with Crippen LogP contribution in [-0.2, 0) is 0 Å². The van der Waals surface area contributed by atoms with Gasteiger partial charge in [-0.1, -0.05) is 39.0 Å². The predicted molar refractivity (Wildman–Crippen MR) is 85.7 cm³/mol. The number of fused-ring (bicyclic) bond motifs is 1. The van der Waals surface area contributed by atoms with Gasteiger partial charge in [0.05, 0.1) is 0 Å². The number of likely N-dealkylation sites (tertiary alicyclic amines) is 1. The van der Waals surface area contributed by atoms with Gasteiger partial charge in [-0.25, -0.2) is 0 Å². The van der Waals surface area contributed by atoms with Crippen molar-refractivity contribution in [3.8, 4) is 0 Å². The van der Waals surface area contributed by atoms with Gasteiger partial charge in [0.2, 0.25) is 0 Å². The number of hydrogen-bond acceptors (Lipinski definition) is 2. The number of piperidine rings is 1. The van der Waals surface area contributed by atoms with Crippen molar-refractivity contribution in [2.75, 3.05) is 13.1 Å². The largest absolute Gasteiger partial charge is 0.329 e. The van der Waals surface area contributed by atoms with Crippen LogP contribution in [0.25, 0.3) is 0 Å². The molecule has 3 fully saturated rings. The monoisotopic (exact) mass is 278 g/mol. The highest BCUT2D eigenvalue weighted by molar-refractivity contribution is 5.04. The van der Waals surface area contributed by atoms with Crippen molar-refractivity contribution in [3.05, 3.63) is 0 Å². The zero-order valence-corrected chi connectivity index (χ0v) is 13.4. The van der Waals surface area contributed by atoms with Crippen molar-refractivity contribution in [1.29, 1.82) is 0 Å². The summed E-state index contributed by atoms with van der Waals surface area (Å²) < 4.78 is 0. The average molecular weight is 278 g/mol. The van der Waals surface area contributed by atoms with Crippen LogP contribution in [0.3, 0.4) is 0 Å². The molecule has 20 heavy (non-hydrogen) atoms. The molecule has 4 atom stereocenters. The van der Waals surface area contributed by atoms with Crippen LogP contribution in [0.4, 0.5) is 0 Å². The fraction of sp³-hybridized carbons (Fsp3) is 1.00. The van der Waals surface area contributed by atoms with Gasteiger partial charge in [0.15, 0.2) is 0 Å². The van der Waals surface area contributed by atoms with Crippen molar-refractivity contribution in [2.24, 2.45) is 17.6 Å². The maximum atomic E-state index is 6.42. The zero-order valence-electron chi connectivity index (χ0n) is 13.4. The van der Waals surface area contributed by atoms with E-state index in [1.54, 1.807) is 0 Å². The van der Waals surface area contributed by atoms with Gasteiger partial charge in [0.25, 0.3) is 0 Å². The van der Waals surface area contributed by atoms with Crippen LogP contribution in [0.5, 0.6) is 0 Å². The van der Waals surface area contributed by atoms with Crippen molar-refractivity contribution < 1.29 is 0 Å². The first-order valence-electron chi connectivity index (χ1n) is 9.28. The van der Waals surface area contributed by atoms with Crippen LogP contribution in [-0.4, -0.2) is 29.6 Å². The molecule has 3 aliphatic rings. The SMILES string of the molecule is CCC1CCCCC1(CN)N1CCC[C@H]2CCCC[C@H]21. The van der Waals surface area contributed by atoms with Crippen LogP contribution < -0.4 is 5.73 Å². The zero-order chi connectivity index (χ0) is 14.0. The molecule has 116 valence electrons. The molecule has 1 saturated heterocycles. The lowest BCUT2D eigenvalue weighted by atomic mass is 9.67. The molecule has 2 nitrogen and oxygen atoms in total. The molecule has 0 aromatic heterocycles. The van der Waals surface area contributed by atoms with E-state index in [9.17, 15) is 0 Å². The third-order valence-electron chi connectivity index (χ3n) is 6.83. The Hall–Kier alpha value is -0.0800. The summed E-state index contributed by atoms with van der Waals surface area (Å²) in [5, 5.41) is 0. The van der Waals surface area contributed by atoms with Gasteiger partial charge in [-0.3, -0.25) is 4.90 Å². The Morgan fingerprint density at radius 3 is 2.55 bits per heavy atom. The van der Waals surface area contributed by atoms with E-state index < -0.39 is 0 Å². The second-order valence-electron chi connectivity index (χ2n) is 7.61. The predicted octanol–water partition coefficient (Wildman–Crippen LogP) is 3.94. The third-order valence-corrected chi connectivity index (χ3v) is 6.83. The van der Waals surface area contributed by atoms with Gasteiger partial charge in [0, 0.05) is 18.1 Å². The van der Waals surface area contributed by atoms with Crippen LogP contribution >= 0.6 is 0 Å². The summed E-state index contributed by atoms with van der Waals surface area (Å²) in [5.41, 5.74) is 6.77. The quantitative estimate of drug-likeness (QED) is 0.847. The Bertz CT molecular complexity index is 315. The molecule has 3 rings (SSSR count). The first kappa shape index (κ1) is 14.8. The van der Waals surface area contributed by atoms with Crippen molar-refractivity contribution >= 4 is 0 Å². The molecular weight excluding hydrogens is 244 g/mol. The lowest BCUT2D eigenvalue weighted by Gasteiger charge is -2.58. The number of nitrogens with zero attached hydrogens (tertiary/aromatic N) is 1. The van der Waals surface area contributed by atoms with E-state index in [1.165, 1.54) is 77.2 Å². The molecule has 0 amide bonds. The van der Waals surface area contributed by atoms with E-state index >= 15 is 0 Å². The smallest absolute Gasteiger partial charge is 0.0362 e. The van der Waals surface area contributed by atoms with Crippen LogP contribution in [0, 0.1) is 11.8 Å². The van der Waals surface area contributed by atoms with E-state index in [4.69, 9.17) is 5.73 Å². The summed E-state index contributed by atoms with van der Waals surface area (Å²) in [7, 11) is 0. The topological polar surface area (TPSA) is 29.3 Å². The number of rotatable bonds is 3. The number of nitrogens with two attached hydrogens (primary N) is 1. The summed E-state index contributed by atoms with van der Waals surface area (Å²) in [6.07, 6.45) is 15.7. The minimum atomic E-state index is 0.355. The van der Waals surface area contributed by atoms with Gasteiger partial charge in [-0.2, -0.15) is 0 Å². The van der Waals surface area contributed by atoms with Gasteiger partial charge < -0.3 is 5.73 Å². The lowest BCUT2D eigenvalue weighted by Crippen LogP contribution is -2.65. The summed E-state index contributed by atoms with van der Waals surface area (Å²) >= 11 is 0. The molecule has 2 heteroatoms. The Balaban J connectivity index is 1.86. The summed E-state index contributed by atoms with van der Waals surface area (Å²) in [4.78, 5) is 2.95. The van der Waals surface area contributed by atoms with Crippen LogP contribution in [0.2, 0.25) is 0 Å². The highest BCUT2D eigenvalue weighted by Crippen LogP contribution is 2.46. The first-order chi connectivity index (χ1) is 9.81. The first-order valence-corrected chi connectivity index (χ1v) is 9.28. The van der Waals surface area contributed by atoms with E-state index in [1.807, 2.05) is 0 Å². The van der Waals surface area contributed by atoms with Crippen molar-refractivity contribution in [2.45, 2.75) is 89.1 Å². The van der Waals surface area contributed by atoms with Crippen molar-refractivity contribution in [3.63, 3.8) is 0 Å². The summed E-state index contributed by atoms with van der Waals surface area (Å²) in [6, 6.07) is 0.869. The molecule has 1 aliphatic heterocycles. The van der Waals surface area contributed by atoms with E-state index in [0.29, 0.717) is 5.54 Å². The second-order valence-corrected chi connectivity index (χ2v) is 7.61. The Morgan fingerprint density at radius 2 is 1.75 bits per heavy atom.